The topological polar surface area (TPSA) is 42.2 Å². The predicted octanol–water partition coefficient (Wildman–Crippen LogP) is 0.948. The van der Waals surface area contributed by atoms with Gasteiger partial charge >= 0.3 is 0 Å². The van der Waals surface area contributed by atoms with Crippen LogP contribution in [0, 0.1) is 12.3 Å². The summed E-state index contributed by atoms with van der Waals surface area (Å²) < 4.78 is 0. The van der Waals surface area contributed by atoms with E-state index in [0.717, 1.165) is 30.6 Å². The molecule has 0 bridgehead atoms. The van der Waals surface area contributed by atoms with Crippen molar-refractivity contribution < 1.29 is 0 Å². The molecule has 2 N–H and O–H groups in total. The summed E-state index contributed by atoms with van der Waals surface area (Å²) in [5.41, 5.74) is 7.79. The van der Waals surface area contributed by atoms with E-state index in [1.165, 1.54) is 0 Å². The average molecular weight is 187 g/mol. The van der Waals surface area contributed by atoms with Gasteiger partial charge in [0.1, 0.15) is 0 Å². The lowest BCUT2D eigenvalue weighted by molar-refractivity contribution is 0.700. The predicted molar refractivity (Wildman–Crippen MR) is 56.7 cm³/mol. The summed E-state index contributed by atoms with van der Waals surface area (Å²) in [5, 5.41) is 0. The number of terminal acetylenes is 1. The van der Waals surface area contributed by atoms with Gasteiger partial charge in [-0.25, -0.2) is 0 Å². The molecule has 1 atom stereocenters. The minimum absolute atomic E-state index is 0.116. The Morgan fingerprint density at radius 1 is 1.57 bits per heavy atom. The summed E-state index contributed by atoms with van der Waals surface area (Å²) in [7, 11) is 0. The van der Waals surface area contributed by atoms with Crippen LogP contribution >= 0.6 is 0 Å². The fourth-order valence-corrected chi connectivity index (χ4v) is 1.78. The molecular weight excluding hydrogens is 174 g/mol. The molecule has 3 nitrogen and oxygen atoms in total. The molecule has 1 fully saturated rings. The van der Waals surface area contributed by atoms with Crippen molar-refractivity contribution in [2.45, 2.75) is 19.0 Å². The molecule has 0 saturated carbocycles. The van der Waals surface area contributed by atoms with Crippen LogP contribution in [0.3, 0.4) is 0 Å². The second-order valence-corrected chi connectivity index (χ2v) is 3.48. The van der Waals surface area contributed by atoms with Gasteiger partial charge in [-0.05, 0) is 18.9 Å². The van der Waals surface area contributed by atoms with Crippen molar-refractivity contribution >= 4 is 5.69 Å². The second kappa shape index (κ2) is 3.69. The molecule has 1 aromatic rings. The molecule has 1 aliphatic heterocycles. The number of hydrogen-bond donors (Lipinski definition) is 1. The first-order valence-corrected chi connectivity index (χ1v) is 4.75. The van der Waals surface area contributed by atoms with Gasteiger partial charge in [-0.2, -0.15) is 0 Å². The lowest BCUT2D eigenvalue weighted by atomic mass is 10.2. The Morgan fingerprint density at radius 3 is 3.07 bits per heavy atom. The number of hydrogen-bond acceptors (Lipinski definition) is 3. The lowest BCUT2D eigenvalue weighted by Gasteiger charge is -2.22. The molecule has 14 heavy (non-hydrogen) atoms. The molecule has 2 rings (SSSR count). The molecule has 1 unspecified atom stereocenters. The zero-order valence-corrected chi connectivity index (χ0v) is 7.98. The van der Waals surface area contributed by atoms with Crippen LogP contribution in [0.2, 0.25) is 0 Å². The van der Waals surface area contributed by atoms with Gasteiger partial charge in [0.05, 0.1) is 18.1 Å². The average Bonchev–Trinajstić information content (AvgIpc) is 2.65. The third kappa shape index (κ3) is 1.57. The molecule has 0 aliphatic carbocycles. The number of aromatic nitrogens is 1. The maximum Gasteiger partial charge on any atom is 0.0772 e. The van der Waals surface area contributed by atoms with E-state index < -0.39 is 0 Å². The van der Waals surface area contributed by atoms with Crippen molar-refractivity contribution in [2.75, 3.05) is 11.4 Å². The quantitative estimate of drug-likeness (QED) is 0.665. The molecule has 0 amide bonds. The van der Waals surface area contributed by atoms with E-state index in [2.05, 4.69) is 15.8 Å². The molecule has 1 aromatic heterocycles. The Kier molecular flexibility index (Phi) is 2.38. The van der Waals surface area contributed by atoms with Crippen molar-refractivity contribution in [1.82, 2.24) is 4.98 Å². The van der Waals surface area contributed by atoms with E-state index in [-0.39, 0.29) is 6.17 Å². The Labute approximate surface area is 83.9 Å². The first-order valence-electron chi connectivity index (χ1n) is 4.75. The summed E-state index contributed by atoms with van der Waals surface area (Å²) >= 11 is 0. The molecule has 2 heterocycles. The van der Waals surface area contributed by atoms with Gasteiger partial charge in [0, 0.05) is 18.3 Å². The maximum absolute atomic E-state index is 5.95. The standard InChI is InChI=1S/C11H13N3/c1-2-9-6-10(8-13-7-9)14-5-3-4-11(14)12/h1,6-8,11H,3-5,12H2. The normalized spacial score (nSPS) is 20.9. The van der Waals surface area contributed by atoms with Gasteiger partial charge in [-0.1, -0.05) is 5.92 Å². The fraction of sp³-hybridized carbons (Fsp3) is 0.364. The van der Waals surface area contributed by atoms with E-state index in [4.69, 9.17) is 12.2 Å². The molecule has 72 valence electrons. The van der Waals surface area contributed by atoms with Gasteiger partial charge in [-0.3, -0.25) is 4.98 Å². The molecule has 1 saturated heterocycles. The highest BCUT2D eigenvalue weighted by Gasteiger charge is 2.20. The van der Waals surface area contributed by atoms with E-state index in [0.29, 0.717) is 0 Å². The van der Waals surface area contributed by atoms with Gasteiger partial charge < -0.3 is 10.6 Å². The van der Waals surface area contributed by atoms with Crippen molar-refractivity contribution in [1.29, 1.82) is 0 Å². The second-order valence-electron chi connectivity index (χ2n) is 3.48. The van der Waals surface area contributed by atoms with Crippen molar-refractivity contribution in [3.63, 3.8) is 0 Å². The number of nitrogens with zero attached hydrogens (tertiary/aromatic N) is 2. The summed E-state index contributed by atoms with van der Waals surface area (Å²) in [6, 6.07) is 1.96. The number of nitrogens with two attached hydrogens (primary N) is 1. The van der Waals surface area contributed by atoms with E-state index in [1.807, 2.05) is 12.3 Å². The zero-order chi connectivity index (χ0) is 9.97. The third-order valence-electron chi connectivity index (χ3n) is 2.52. The van der Waals surface area contributed by atoms with Crippen LogP contribution in [0.4, 0.5) is 5.69 Å². The van der Waals surface area contributed by atoms with Crippen molar-refractivity contribution in [3.05, 3.63) is 24.0 Å². The maximum atomic E-state index is 5.95. The van der Waals surface area contributed by atoms with Crippen LogP contribution < -0.4 is 10.6 Å². The minimum atomic E-state index is 0.116. The lowest BCUT2D eigenvalue weighted by Crippen LogP contribution is -2.36. The summed E-state index contributed by atoms with van der Waals surface area (Å²) in [6.45, 7) is 0.997. The largest absolute Gasteiger partial charge is 0.355 e. The SMILES string of the molecule is C#Cc1cncc(N2CCCC2N)c1. The molecule has 0 radical (unpaired) electrons. The van der Waals surface area contributed by atoms with Crippen LogP contribution in [-0.2, 0) is 0 Å². The number of pyridine rings is 1. The van der Waals surface area contributed by atoms with E-state index in [1.54, 1.807) is 6.20 Å². The Hall–Kier alpha value is -1.53. The molecule has 3 heteroatoms. The summed E-state index contributed by atoms with van der Waals surface area (Å²) in [4.78, 5) is 6.24. The Morgan fingerprint density at radius 2 is 2.43 bits per heavy atom. The number of anilines is 1. The van der Waals surface area contributed by atoms with Crippen molar-refractivity contribution in [3.8, 4) is 12.3 Å². The molecule has 1 aliphatic rings. The van der Waals surface area contributed by atoms with Gasteiger partial charge in [0.15, 0.2) is 0 Å². The van der Waals surface area contributed by atoms with Crippen LogP contribution in [0.5, 0.6) is 0 Å². The van der Waals surface area contributed by atoms with Gasteiger partial charge in [0.25, 0.3) is 0 Å². The first kappa shape index (κ1) is 9.04. The first-order chi connectivity index (χ1) is 6.81. The van der Waals surface area contributed by atoms with Crippen LogP contribution in [0.1, 0.15) is 18.4 Å². The number of rotatable bonds is 1. The minimum Gasteiger partial charge on any atom is -0.355 e. The van der Waals surface area contributed by atoms with E-state index >= 15 is 0 Å². The zero-order valence-electron chi connectivity index (χ0n) is 7.98. The van der Waals surface area contributed by atoms with Gasteiger partial charge in [-0.15, -0.1) is 6.42 Å². The molecule has 0 aromatic carbocycles. The fourth-order valence-electron chi connectivity index (χ4n) is 1.78. The van der Waals surface area contributed by atoms with E-state index in [9.17, 15) is 0 Å². The summed E-state index contributed by atoms with van der Waals surface area (Å²) in [6.07, 6.45) is 11.1. The summed E-state index contributed by atoms with van der Waals surface area (Å²) in [5.74, 6) is 2.58. The smallest absolute Gasteiger partial charge is 0.0772 e. The van der Waals surface area contributed by atoms with Crippen LogP contribution in [0.25, 0.3) is 0 Å². The Bertz CT molecular complexity index is 367. The highest BCUT2D eigenvalue weighted by molar-refractivity contribution is 5.50. The highest BCUT2D eigenvalue weighted by Crippen LogP contribution is 2.22. The Balaban J connectivity index is 2.28. The highest BCUT2D eigenvalue weighted by atomic mass is 15.2. The third-order valence-corrected chi connectivity index (χ3v) is 2.52. The van der Waals surface area contributed by atoms with Crippen molar-refractivity contribution in [2.24, 2.45) is 5.73 Å². The van der Waals surface area contributed by atoms with Gasteiger partial charge in [0.2, 0.25) is 0 Å². The monoisotopic (exact) mass is 187 g/mol. The van der Waals surface area contributed by atoms with Crippen LogP contribution in [-0.4, -0.2) is 17.7 Å². The molecular formula is C11H13N3. The molecule has 0 spiro atoms. The van der Waals surface area contributed by atoms with Crippen LogP contribution in [0.15, 0.2) is 18.5 Å².